The number of carbonyl (C=O) groups excluding carboxylic acids is 3. The van der Waals surface area contributed by atoms with Crippen LogP contribution in [0, 0.1) is 0 Å². The van der Waals surface area contributed by atoms with Crippen molar-refractivity contribution in [2.75, 3.05) is 0 Å². The standard InChI is InChI=1S/C8H10N4O3/c1-5(4-13)9-12-8(15)6-2-3-7(14)11-10-6/h4H,2-3H2,1H3,(H,11,14)(H,12,15)/b9-5+. The minimum absolute atomic E-state index is 0.156. The maximum Gasteiger partial charge on any atom is 0.287 e. The van der Waals surface area contributed by atoms with Crippen molar-refractivity contribution in [2.24, 2.45) is 10.2 Å². The van der Waals surface area contributed by atoms with Gasteiger partial charge in [-0.2, -0.15) is 10.2 Å². The highest BCUT2D eigenvalue weighted by Crippen LogP contribution is 1.99. The number of hydrogen-bond donors (Lipinski definition) is 2. The zero-order valence-electron chi connectivity index (χ0n) is 8.11. The summed E-state index contributed by atoms with van der Waals surface area (Å²) in [5.41, 5.74) is 4.69. The van der Waals surface area contributed by atoms with Crippen LogP contribution in [-0.2, 0) is 14.4 Å². The van der Waals surface area contributed by atoms with E-state index in [0.717, 1.165) is 0 Å². The topological polar surface area (TPSA) is 100.0 Å². The highest BCUT2D eigenvalue weighted by molar-refractivity contribution is 6.39. The van der Waals surface area contributed by atoms with Crippen molar-refractivity contribution >= 4 is 29.5 Å². The highest BCUT2D eigenvalue weighted by atomic mass is 16.2. The Balaban J connectivity index is 2.55. The van der Waals surface area contributed by atoms with E-state index in [0.29, 0.717) is 6.29 Å². The van der Waals surface area contributed by atoms with E-state index in [1.54, 1.807) is 0 Å². The molecular weight excluding hydrogens is 200 g/mol. The molecule has 1 heterocycles. The van der Waals surface area contributed by atoms with E-state index in [1.165, 1.54) is 6.92 Å². The lowest BCUT2D eigenvalue weighted by Crippen LogP contribution is -2.35. The molecule has 0 fully saturated rings. The Hall–Kier alpha value is -2.05. The average molecular weight is 210 g/mol. The van der Waals surface area contributed by atoms with Crippen molar-refractivity contribution in [2.45, 2.75) is 19.8 Å². The molecule has 0 bridgehead atoms. The molecule has 0 aromatic rings. The summed E-state index contributed by atoms with van der Waals surface area (Å²) in [6, 6.07) is 0. The van der Waals surface area contributed by atoms with E-state index in [9.17, 15) is 14.4 Å². The summed E-state index contributed by atoms with van der Waals surface area (Å²) in [5.74, 6) is -0.740. The molecule has 1 rings (SSSR count). The van der Waals surface area contributed by atoms with Crippen LogP contribution in [0.2, 0.25) is 0 Å². The summed E-state index contributed by atoms with van der Waals surface area (Å²) in [6.07, 6.45) is 1.01. The molecule has 0 aromatic carbocycles. The highest BCUT2D eigenvalue weighted by Gasteiger charge is 2.17. The van der Waals surface area contributed by atoms with Crippen LogP contribution < -0.4 is 10.9 Å². The third-order valence-corrected chi connectivity index (χ3v) is 1.67. The number of rotatable bonds is 3. The Labute approximate surface area is 85.6 Å². The first-order valence-corrected chi connectivity index (χ1v) is 4.28. The number of aldehydes is 1. The van der Waals surface area contributed by atoms with Gasteiger partial charge in [-0.3, -0.25) is 14.4 Å². The zero-order chi connectivity index (χ0) is 11.3. The molecule has 0 aromatic heterocycles. The minimum atomic E-state index is -0.517. The molecule has 15 heavy (non-hydrogen) atoms. The van der Waals surface area contributed by atoms with E-state index in [-0.39, 0.29) is 30.2 Å². The number of amides is 2. The van der Waals surface area contributed by atoms with Crippen LogP contribution in [0.15, 0.2) is 10.2 Å². The van der Waals surface area contributed by atoms with Gasteiger partial charge in [-0.25, -0.2) is 10.9 Å². The van der Waals surface area contributed by atoms with Crippen LogP contribution in [0.25, 0.3) is 0 Å². The van der Waals surface area contributed by atoms with E-state index < -0.39 is 5.91 Å². The number of hydrogen-bond acceptors (Lipinski definition) is 5. The predicted octanol–water partition coefficient (Wildman–Crippen LogP) is -1.06. The first-order valence-electron chi connectivity index (χ1n) is 4.28. The molecule has 0 saturated carbocycles. The van der Waals surface area contributed by atoms with Gasteiger partial charge in [0, 0.05) is 12.8 Å². The van der Waals surface area contributed by atoms with Gasteiger partial charge in [-0.1, -0.05) is 0 Å². The van der Waals surface area contributed by atoms with Gasteiger partial charge in [-0.05, 0) is 6.92 Å². The first-order chi connectivity index (χ1) is 7.13. The molecule has 0 atom stereocenters. The predicted molar refractivity (Wildman–Crippen MR) is 52.1 cm³/mol. The number of nitrogens with one attached hydrogen (secondary N) is 2. The minimum Gasteiger partial charge on any atom is -0.296 e. The smallest absolute Gasteiger partial charge is 0.287 e. The van der Waals surface area contributed by atoms with Gasteiger partial charge in [0.25, 0.3) is 5.91 Å². The van der Waals surface area contributed by atoms with Crippen LogP contribution in [0.5, 0.6) is 0 Å². The second-order valence-corrected chi connectivity index (χ2v) is 2.91. The molecule has 7 nitrogen and oxygen atoms in total. The lowest BCUT2D eigenvalue weighted by Gasteiger charge is -2.09. The van der Waals surface area contributed by atoms with E-state index in [4.69, 9.17) is 0 Å². The van der Waals surface area contributed by atoms with Gasteiger partial charge < -0.3 is 0 Å². The SMILES string of the molecule is C/C(C=O)=N\NC(=O)C1=NNC(=O)CC1. The van der Waals surface area contributed by atoms with Crippen LogP contribution in [-0.4, -0.2) is 29.5 Å². The Morgan fingerprint density at radius 2 is 2.33 bits per heavy atom. The first kappa shape index (κ1) is 11.0. The molecule has 0 saturated heterocycles. The maximum atomic E-state index is 11.3. The van der Waals surface area contributed by atoms with E-state index >= 15 is 0 Å². The third-order valence-electron chi connectivity index (χ3n) is 1.67. The quantitative estimate of drug-likeness (QED) is 0.353. The summed E-state index contributed by atoms with van der Waals surface area (Å²) < 4.78 is 0. The van der Waals surface area contributed by atoms with Crippen LogP contribution in [0.4, 0.5) is 0 Å². The molecule has 2 amide bonds. The summed E-state index contributed by atoms with van der Waals surface area (Å²) in [6.45, 7) is 1.46. The van der Waals surface area contributed by atoms with E-state index in [2.05, 4.69) is 21.1 Å². The van der Waals surface area contributed by atoms with E-state index in [1.807, 2.05) is 0 Å². The van der Waals surface area contributed by atoms with Crippen molar-refractivity contribution in [1.82, 2.24) is 10.9 Å². The molecule has 0 spiro atoms. The van der Waals surface area contributed by atoms with Gasteiger partial charge in [0.05, 0.1) is 5.71 Å². The molecule has 0 radical (unpaired) electrons. The fourth-order valence-electron chi connectivity index (χ4n) is 0.868. The average Bonchev–Trinajstić information content (AvgIpc) is 2.26. The number of hydrazone groups is 2. The molecule has 1 aliphatic heterocycles. The summed E-state index contributed by atoms with van der Waals surface area (Å²) in [5, 5.41) is 7.05. The van der Waals surface area contributed by atoms with Gasteiger partial charge >= 0.3 is 0 Å². The largest absolute Gasteiger partial charge is 0.296 e. The normalized spacial score (nSPS) is 16.5. The molecule has 2 N–H and O–H groups in total. The summed E-state index contributed by atoms with van der Waals surface area (Å²) >= 11 is 0. The van der Waals surface area contributed by atoms with Crippen molar-refractivity contribution in [3.63, 3.8) is 0 Å². The van der Waals surface area contributed by atoms with Crippen LogP contribution in [0.1, 0.15) is 19.8 Å². The fraction of sp³-hybridized carbons (Fsp3) is 0.375. The second kappa shape index (κ2) is 4.99. The second-order valence-electron chi connectivity index (χ2n) is 2.91. The zero-order valence-corrected chi connectivity index (χ0v) is 8.11. The Morgan fingerprint density at radius 1 is 1.60 bits per heavy atom. The summed E-state index contributed by atoms with van der Waals surface area (Å²) in [4.78, 5) is 32.2. The number of nitrogens with zero attached hydrogens (tertiary/aromatic N) is 2. The van der Waals surface area contributed by atoms with Gasteiger partial charge in [0.2, 0.25) is 5.91 Å². The summed E-state index contributed by atoms with van der Waals surface area (Å²) in [7, 11) is 0. The Kier molecular flexibility index (Phi) is 3.67. The Morgan fingerprint density at radius 3 is 2.87 bits per heavy atom. The third kappa shape index (κ3) is 3.29. The van der Waals surface area contributed by atoms with Crippen molar-refractivity contribution in [1.29, 1.82) is 0 Å². The fourth-order valence-corrected chi connectivity index (χ4v) is 0.868. The molecule has 80 valence electrons. The van der Waals surface area contributed by atoms with Gasteiger partial charge in [0.15, 0.2) is 6.29 Å². The Bertz CT molecular complexity index is 359. The maximum absolute atomic E-state index is 11.3. The lowest BCUT2D eigenvalue weighted by atomic mass is 10.2. The van der Waals surface area contributed by atoms with Crippen molar-refractivity contribution in [3.8, 4) is 0 Å². The van der Waals surface area contributed by atoms with Crippen LogP contribution in [0.3, 0.4) is 0 Å². The molecular formula is C8H10N4O3. The monoisotopic (exact) mass is 210 g/mol. The number of carbonyl (C=O) groups is 3. The molecule has 7 heteroatoms. The molecule has 0 aliphatic carbocycles. The van der Waals surface area contributed by atoms with Crippen LogP contribution >= 0.6 is 0 Å². The van der Waals surface area contributed by atoms with Crippen molar-refractivity contribution < 1.29 is 14.4 Å². The lowest BCUT2D eigenvalue weighted by molar-refractivity contribution is -0.121. The van der Waals surface area contributed by atoms with Gasteiger partial charge in [0.1, 0.15) is 5.71 Å². The van der Waals surface area contributed by atoms with Gasteiger partial charge in [-0.15, -0.1) is 0 Å². The van der Waals surface area contributed by atoms with Crippen molar-refractivity contribution in [3.05, 3.63) is 0 Å². The molecule has 1 aliphatic rings. The molecule has 0 unspecified atom stereocenters.